The summed E-state index contributed by atoms with van der Waals surface area (Å²) in [4.78, 5) is 0. The largest absolute Gasteiger partial charge is 1.00 e. The third-order valence-corrected chi connectivity index (χ3v) is 4.38. The van der Waals surface area contributed by atoms with Crippen LogP contribution in [0, 0.1) is 11.8 Å². The van der Waals surface area contributed by atoms with Crippen LogP contribution >= 0.6 is 0 Å². The fraction of sp³-hybridized carbons (Fsp3) is 1.00. The van der Waals surface area contributed by atoms with E-state index in [9.17, 15) is 13.0 Å². The van der Waals surface area contributed by atoms with Gasteiger partial charge in [0.2, 0.25) is 0 Å². The summed E-state index contributed by atoms with van der Waals surface area (Å²) in [5.74, 6) is 0.779. The Labute approximate surface area is 95.0 Å². The molecule has 12 heavy (non-hydrogen) atoms. The Balaban J connectivity index is 0.000000720. The molecule has 64 valence electrons. The van der Waals surface area contributed by atoms with Gasteiger partial charge < -0.3 is 4.55 Å². The van der Waals surface area contributed by atoms with Gasteiger partial charge in [-0.1, -0.05) is 12.8 Å². The number of rotatable bonds is 1. The molecule has 0 heterocycles. The van der Waals surface area contributed by atoms with E-state index in [1.165, 1.54) is 0 Å². The second-order valence-corrected chi connectivity index (χ2v) is 5.21. The summed E-state index contributed by atoms with van der Waals surface area (Å²) in [7, 11) is -3.97. The summed E-state index contributed by atoms with van der Waals surface area (Å²) in [6.45, 7) is 0. The first-order chi connectivity index (χ1) is 5.09. The molecule has 0 aromatic heterocycles. The first-order valence-corrected chi connectivity index (χ1v) is 5.51. The summed E-state index contributed by atoms with van der Waals surface area (Å²) >= 11 is 0. The van der Waals surface area contributed by atoms with Crippen molar-refractivity contribution < 1.29 is 42.5 Å². The third-order valence-electron chi connectivity index (χ3n) is 3.10. The van der Waals surface area contributed by atoms with Crippen molar-refractivity contribution in [2.24, 2.45) is 11.8 Å². The second kappa shape index (κ2) is 3.58. The smallest absolute Gasteiger partial charge is 0.748 e. The van der Waals surface area contributed by atoms with Gasteiger partial charge in [-0.2, -0.15) is 0 Å². The molecule has 0 aliphatic heterocycles. The maximum absolute atomic E-state index is 10.6. The van der Waals surface area contributed by atoms with E-state index in [2.05, 4.69) is 0 Å². The molecule has 3 unspecified atom stereocenters. The summed E-state index contributed by atoms with van der Waals surface area (Å²) in [5, 5.41) is -0.532. The van der Waals surface area contributed by atoms with Crippen LogP contribution < -0.4 is 29.6 Å². The zero-order valence-electron chi connectivity index (χ0n) is 7.19. The van der Waals surface area contributed by atoms with Crippen LogP contribution in [0.5, 0.6) is 0 Å². The zero-order chi connectivity index (χ0) is 8.06. The van der Waals surface area contributed by atoms with Gasteiger partial charge >= 0.3 is 29.6 Å². The van der Waals surface area contributed by atoms with Crippen LogP contribution in [0.2, 0.25) is 0 Å². The predicted octanol–water partition coefficient (Wildman–Crippen LogP) is -2.28. The van der Waals surface area contributed by atoms with Crippen molar-refractivity contribution in [3.8, 4) is 0 Å². The molecular formula is C7H11NaO3S. The molecule has 5 heteroatoms. The molecule has 2 aliphatic rings. The van der Waals surface area contributed by atoms with E-state index in [1.54, 1.807) is 0 Å². The van der Waals surface area contributed by atoms with Crippen LogP contribution in [0.4, 0.5) is 0 Å². The van der Waals surface area contributed by atoms with Crippen LogP contribution in [-0.4, -0.2) is 18.2 Å². The molecule has 0 spiro atoms. The van der Waals surface area contributed by atoms with Crippen LogP contribution in [0.25, 0.3) is 0 Å². The van der Waals surface area contributed by atoms with Crippen molar-refractivity contribution in [3.05, 3.63) is 0 Å². The van der Waals surface area contributed by atoms with Crippen molar-refractivity contribution in [2.75, 3.05) is 0 Å². The average molecular weight is 198 g/mol. The van der Waals surface area contributed by atoms with Gasteiger partial charge in [-0.05, 0) is 24.7 Å². The summed E-state index contributed by atoms with van der Waals surface area (Å²) in [5.41, 5.74) is 0. The van der Waals surface area contributed by atoms with E-state index >= 15 is 0 Å². The molecule has 0 N–H and O–H groups in total. The van der Waals surface area contributed by atoms with Gasteiger partial charge in [-0.3, -0.25) is 0 Å². The number of hydrogen-bond donors (Lipinski definition) is 0. The first-order valence-electron chi connectivity index (χ1n) is 4.04. The minimum Gasteiger partial charge on any atom is -0.748 e. The van der Waals surface area contributed by atoms with Crippen LogP contribution in [0.1, 0.15) is 25.7 Å². The molecule has 3 nitrogen and oxygen atoms in total. The van der Waals surface area contributed by atoms with Gasteiger partial charge in [0.25, 0.3) is 0 Å². The number of fused-ring (bicyclic) bond motifs is 1. The van der Waals surface area contributed by atoms with Crippen molar-refractivity contribution >= 4 is 10.1 Å². The predicted molar refractivity (Wildman–Crippen MR) is 38.9 cm³/mol. The zero-order valence-corrected chi connectivity index (χ0v) is 10.0. The van der Waals surface area contributed by atoms with Gasteiger partial charge in [-0.25, -0.2) is 8.42 Å². The molecule has 2 saturated carbocycles. The van der Waals surface area contributed by atoms with Gasteiger partial charge in [-0.15, -0.1) is 0 Å². The van der Waals surface area contributed by atoms with E-state index < -0.39 is 15.4 Å². The Kier molecular flexibility index (Phi) is 3.27. The second-order valence-electron chi connectivity index (χ2n) is 3.62. The van der Waals surface area contributed by atoms with E-state index in [-0.39, 0.29) is 35.5 Å². The molecule has 3 atom stereocenters. The summed E-state index contributed by atoms with van der Waals surface area (Å²) in [6, 6.07) is 0. The van der Waals surface area contributed by atoms with Crippen molar-refractivity contribution in [3.63, 3.8) is 0 Å². The van der Waals surface area contributed by atoms with Crippen molar-refractivity contribution in [2.45, 2.75) is 30.9 Å². The van der Waals surface area contributed by atoms with Gasteiger partial charge in [0.05, 0.1) is 15.4 Å². The molecule has 0 saturated heterocycles. The minimum absolute atomic E-state index is 0. The third kappa shape index (κ3) is 1.73. The van der Waals surface area contributed by atoms with Gasteiger partial charge in [0.15, 0.2) is 0 Å². The van der Waals surface area contributed by atoms with Crippen LogP contribution in [-0.2, 0) is 10.1 Å². The Morgan fingerprint density at radius 1 is 1.25 bits per heavy atom. The first kappa shape index (κ1) is 11.0. The fourth-order valence-corrected chi connectivity index (χ4v) is 3.73. The standard InChI is InChI=1S/C7H12O3S.Na/c8-11(9,10)7-4-5-2-1-3-6(5)7;/h5-7H,1-4H2,(H,8,9,10);/q;+1/p-1. The SMILES string of the molecule is O=S(=O)([O-])C1CC2CCCC21.[Na+]. The summed E-state index contributed by atoms with van der Waals surface area (Å²) in [6.07, 6.45) is 3.84. The molecule has 2 fully saturated rings. The Morgan fingerprint density at radius 3 is 2.42 bits per heavy atom. The normalized spacial score (nSPS) is 39.6. The minimum atomic E-state index is -3.97. The fourth-order valence-electron chi connectivity index (χ4n) is 2.46. The average Bonchev–Trinajstić information content (AvgIpc) is 2.08. The van der Waals surface area contributed by atoms with Crippen LogP contribution in [0.3, 0.4) is 0 Å². The molecule has 0 aromatic rings. The monoisotopic (exact) mass is 198 g/mol. The topological polar surface area (TPSA) is 57.2 Å². The molecule has 0 amide bonds. The molecule has 0 radical (unpaired) electrons. The van der Waals surface area contributed by atoms with E-state index in [0.29, 0.717) is 12.3 Å². The van der Waals surface area contributed by atoms with Gasteiger partial charge in [0.1, 0.15) is 0 Å². The molecule has 0 bridgehead atoms. The summed E-state index contributed by atoms with van der Waals surface area (Å²) < 4.78 is 31.8. The van der Waals surface area contributed by atoms with E-state index in [0.717, 1.165) is 19.3 Å². The molecule has 0 aromatic carbocycles. The number of hydrogen-bond acceptors (Lipinski definition) is 3. The van der Waals surface area contributed by atoms with Crippen molar-refractivity contribution in [1.82, 2.24) is 0 Å². The molecule has 2 rings (SSSR count). The van der Waals surface area contributed by atoms with Crippen molar-refractivity contribution in [1.29, 1.82) is 0 Å². The Morgan fingerprint density at radius 2 is 1.92 bits per heavy atom. The van der Waals surface area contributed by atoms with E-state index in [1.807, 2.05) is 0 Å². The Bertz CT molecular complexity index is 262. The van der Waals surface area contributed by atoms with Gasteiger partial charge in [0, 0.05) is 0 Å². The maximum atomic E-state index is 10.6. The molecular weight excluding hydrogens is 187 g/mol. The molecule has 2 aliphatic carbocycles. The van der Waals surface area contributed by atoms with Crippen LogP contribution in [0.15, 0.2) is 0 Å². The maximum Gasteiger partial charge on any atom is 1.00 e. The Hall–Kier alpha value is 0.910. The van der Waals surface area contributed by atoms with E-state index in [4.69, 9.17) is 0 Å². The quantitative estimate of drug-likeness (QED) is 0.352.